The van der Waals surface area contributed by atoms with Crippen molar-refractivity contribution in [1.82, 2.24) is 34.7 Å². The molecule has 184 valence electrons. The van der Waals surface area contributed by atoms with E-state index in [1.54, 1.807) is 0 Å². The third kappa shape index (κ3) is 4.99. The first-order valence-corrected chi connectivity index (χ1v) is 12.8. The summed E-state index contributed by atoms with van der Waals surface area (Å²) >= 11 is 0. The molecule has 0 radical (unpaired) electrons. The molecule has 0 atom stereocenters. The quantitative estimate of drug-likeness (QED) is 0.452. The Bertz CT molecular complexity index is 1400. The van der Waals surface area contributed by atoms with Crippen molar-refractivity contribution in [3.63, 3.8) is 0 Å². The van der Waals surface area contributed by atoms with Gasteiger partial charge in [0.1, 0.15) is 11.6 Å². The summed E-state index contributed by atoms with van der Waals surface area (Å²) in [6.07, 6.45) is 4.68. The molecule has 2 fully saturated rings. The number of nitrogens with zero attached hydrogens (tertiary/aromatic N) is 6. The van der Waals surface area contributed by atoms with Crippen LogP contribution in [-0.4, -0.2) is 66.8 Å². The SMILES string of the molecule is Cc1cc(-c2ccc3nc(Cc4cc(CN5CCN(C(=O)C6CC6)CC5)ccn4)[nH]c3c2)nc(C)n1. The van der Waals surface area contributed by atoms with Crippen molar-refractivity contribution in [2.24, 2.45) is 5.92 Å². The molecule has 8 nitrogen and oxygen atoms in total. The number of fused-ring (bicyclic) bond motifs is 1. The van der Waals surface area contributed by atoms with Crippen LogP contribution in [-0.2, 0) is 17.8 Å². The average Bonchev–Trinajstić information content (AvgIpc) is 3.63. The summed E-state index contributed by atoms with van der Waals surface area (Å²) in [4.78, 5) is 38.6. The first-order chi connectivity index (χ1) is 17.5. The number of imidazole rings is 1. The van der Waals surface area contributed by atoms with Crippen molar-refractivity contribution in [1.29, 1.82) is 0 Å². The van der Waals surface area contributed by atoms with Crippen LogP contribution in [0.4, 0.5) is 0 Å². The molecule has 6 rings (SSSR count). The average molecular weight is 482 g/mol. The maximum atomic E-state index is 12.3. The number of hydrogen-bond donors (Lipinski definition) is 1. The molecule has 3 aromatic heterocycles. The molecule has 4 aromatic rings. The molecule has 0 unspecified atom stereocenters. The molecule has 1 N–H and O–H groups in total. The summed E-state index contributed by atoms with van der Waals surface area (Å²) in [5.74, 6) is 2.34. The van der Waals surface area contributed by atoms with Crippen LogP contribution in [0, 0.1) is 19.8 Å². The van der Waals surface area contributed by atoms with E-state index in [4.69, 9.17) is 4.98 Å². The van der Waals surface area contributed by atoms with Crippen molar-refractivity contribution in [2.75, 3.05) is 26.2 Å². The lowest BCUT2D eigenvalue weighted by molar-refractivity contribution is -0.134. The predicted octanol–water partition coefficient (Wildman–Crippen LogP) is 3.68. The number of amides is 1. The highest BCUT2D eigenvalue weighted by atomic mass is 16.2. The van der Waals surface area contributed by atoms with Gasteiger partial charge in [-0.15, -0.1) is 0 Å². The van der Waals surface area contributed by atoms with Crippen LogP contribution in [0.3, 0.4) is 0 Å². The Kier molecular flexibility index (Phi) is 5.97. The second-order valence-corrected chi connectivity index (χ2v) is 10.1. The fourth-order valence-electron chi connectivity index (χ4n) is 5.04. The number of hydrogen-bond acceptors (Lipinski definition) is 6. The molecule has 36 heavy (non-hydrogen) atoms. The van der Waals surface area contributed by atoms with E-state index >= 15 is 0 Å². The minimum atomic E-state index is 0.310. The smallest absolute Gasteiger partial charge is 0.225 e. The molecule has 2 aliphatic rings. The number of nitrogens with one attached hydrogen (secondary N) is 1. The second-order valence-electron chi connectivity index (χ2n) is 10.1. The summed E-state index contributed by atoms with van der Waals surface area (Å²) in [6, 6.07) is 12.5. The number of aromatic nitrogens is 5. The van der Waals surface area contributed by atoms with Gasteiger partial charge in [-0.2, -0.15) is 0 Å². The molecular weight excluding hydrogens is 450 g/mol. The lowest BCUT2D eigenvalue weighted by Crippen LogP contribution is -2.48. The van der Waals surface area contributed by atoms with E-state index in [1.165, 1.54) is 5.56 Å². The van der Waals surface area contributed by atoms with Gasteiger partial charge in [0.25, 0.3) is 0 Å². The van der Waals surface area contributed by atoms with Gasteiger partial charge in [-0.1, -0.05) is 6.07 Å². The van der Waals surface area contributed by atoms with Gasteiger partial charge in [0.15, 0.2) is 0 Å². The molecular formula is C28H31N7O. The van der Waals surface area contributed by atoms with Crippen molar-refractivity contribution in [2.45, 2.75) is 39.7 Å². The summed E-state index contributed by atoms with van der Waals surface area (Å²) < 4.78 is 0. The molecule has 0 spiro atoms. The van der Waals surface area contributed by atoms with Gasteiger partial charge in [-0.05, 0) is 62.6 Å². The van der Waals surface area contributed by atoms with Gasteiger partial charge in [0.2, 0.25) is 5.91 Å². The third-order valence-corrected chi connectivity index (χ3v) is 7.04. The number of rotatable bonds is 6. The van der Waals surface area contributed by atoms with E-state index in [-0.39, 0.29) is 0 Å². The number of carbonyl (C=O) groups is 1. The van der Waals surface area contributed by atoms with E-state index in [9.17, 15) is 4.79 Å². The largest absolute Gasteiger partial charge is 0.342 e. The fraction of sp³-hybridized carbons (Fsp3) is 0.393. The fourth-order valence-corrected chi connectivity index (χ4v) is 5.04. The summed E-state index contributed by atoms with van der Waals surface area (Å²) in [7, 11) is 0. The zero-order valence-corrected chi connectivity index (χ0v) is 20.9. The Morgan fingerprint density at radius 1 is 1.00 bits per heavy atom. The van der Waals surface area contributed by atoms with Crippen molar-refractivity contribution in [3.8, 4) is 11.3 Å². The normalized spacial score (nSPS) is 16.6. The monoisotopic (exact) mass is 481 g/mol. The van der Waals surface area contributed by atoms with Crippen molar-refractivity contribution < 1.29 is 4.79 Å². The van der Waals surface area contributed by atoms with E-state index in [2.05, 4.69) is 49.1 Å². The van der Waals surface area contributed by atoms with Crippen LogP contribution < -0.4 is 0 Å². The third-order valence-electron chi connectivity index (χ3n) is 7.04. The Labute approximate surface area is 210 Å². The number of pyridine rings is 1. The van der Waals surface area contributed by atoms with Crippen LogP contribution in [0.2, 0.25) is 0 Å². The first kappa shape index (κ1) is 22.8. The number of H-pyrrole nitrogens is 1. The Balaban J connectivity index is 1.12. The van der Waals surface area contributed by atoms with E-state index < -0.39 is 0 Å². The molecule has 1 saturated carbocycles. The van der Waals surface area contributed by atoms with E-state index in [1.807, 2.05) is 37.1 Å². The van der Waals surface area contributed by atoms with Crippen LogP contribution in [0.25, 0.3) is 22.3 Å². The standard InChI is InChI=1S/C28H31N7O/c1-18-13-25(31-19(2)30-18)22-5-6-24-26(15-22)33-27(32-24)16-23-14-20(7-8-29-23)17-34-9-11-35(12-10-34)28(36)21-3-4-21/h5-8,13-15,21H,3-4,9-12,16-17H2,1-2H3,(H,32,33). The van der Waals surface area contributed by atoms with Crippen molar-refractivity contribution >= 4 is 16.9 Å². The van der Waals surface area contributed by atoms with Crippen molar-refractivity contribution in [3.05, 3.63) is 71.2 Å². The number of piperazine rings is 1. The molecule has 1 saturated heterocycles. The highest BCUT2D eigenvalue weighted by Gasteiger charge is 2.34. The molecule has 0 bridgehead atoms. The molecule has 8 heteroatoms. The van der Waals surface area contributed by atoms with Crippen LogP contribution in [0.15, 0.2) is 42.6 Å². The highest BCUT2D eigenvalue weighted by Crippen LogP contribution is 2.31. The zero-order valence-electron chi connectivity index (χ0n) is 20.9. The van der Waals surface area contributed by atoms with Gasteiger partial charge in [-0.3, -0.25) is 14.7 Å². The number of carbonyl (C=O) groups excluding carboxylic acids is 1. The molecule has 4 heterocycles. The lowest BCUT2D eigenvalue weighted by Gasteiger charge is -2.35. The minimum absolute atomic E-state index is 0.310. The number of benzene rings is 1. The van der Waals surface area contributed by atoms with E-state index in [0.717, 1.165) is 90.9 Å². The van der Waals surface area contributed by atoms with Crippen LogP contribution in [0.1, 0.15) is 41.4 Å². The predicted molar refractivity (Wildman–Crippen MR) is 138 cm³/mol. The van der Waals surface area contributed by atoms with Gasteiger partial charge >= 0.3 is 0 Å². The number of aromatic amines is 1. The van der Waals surface area contributed by atoms with Gasteiger partial charge in [0.05, 0.1) is 16.7 Å². The molecule has 1 amide bonds. The number of aryl methyl sites for hydroxylation is 2. The first-order valence-electron chi connectivity index (χ1n) is 12.8. The molecule has 1 aliphatic heterocycles. The van der Waals surface area contributed by atoms with Gasteiger partial charge in [-0.25, -0.2) is 15.0 Å². The Hall–Kier alpha value is -3.65. The summed E-state index contributed by atoms with van der Waals surface area (Å²) in [5.41, 5.74) is 7.10. The van der Waals surface area contributed by atoms with Gasteiger partial charge in [0, 0.05) is 68.2 Å². The lowest BCUT2D eigenvalue weighted by atomic mass is 10.1. The maximum absolute atomic E-state index is 12.3. The topological polar surface area (TPSA) is 90.9 Å². The second kappa shape index (κ2) is 9.43. The van der Waals surface area contributed by atoms with E-state index in [0.29, 0.717) is 18.2 Å². The summed E-state index contributed by atoms with van der Waals surface area (Å²) in [5, 5.41) is 0. The van der Waals surface area contributed by atoms with Crippen LogP contribution in [0.5, 0.6) is 0 Å². The molecule has 1 aromatic carbocycles. The van der Waals surface area contributed by atoms with Gasteiger partial charge < -0.3 is 9.88 Å². The summed E-state index contributed by atoms with van der Waals surface area (Å²) in [6.45, 7) is 8.30. The zero-order chi connectivity index (χ0) is 24.6. The highest BCUT2D eigenvalue weighted by molar-refractivity contribution is 5.81. The maximum Gasteiger partial charge on any atom is 0.225 e. The molecule has 1 aliphatic carbocycles. The van der Waals surface area contributed by atoms with Crippen LogP contribution >= 0.6 is 0 Å². The minimum Gasteiger partial charge on any atom is -0.342 e. The Morgan fingerprint density at radius 2 is 1.83 bits per heavy atom. The Morgan fingerprint density at radius 3 is 2.61 bits per heavy atom.